The van der Waals surface area contributed by atoms with Gasteiger partial charge in [-0.05, 0) is 61.7 Å². The number of hydrogen-bond donors (Lipinski definition) is 1. The molecule has 1 N–H and O–H groups in total. The number of anilines is 1. The van der Waals surface area contributed by atoms with E-state index < -0.39 is 28.5 Å². The molecule has 9 heteroatoms. The van der Waals surface area contributed by atoms with E-state index in [9.17, 15) is 18.0 Å². The first-order valence-electron chi connectivity index (χ1n) is 10.1. The number of aryl methyl sites for hydroxylation is 1. The molecule has 3 rings (SSSR count). The first kappa shape index (κ1) is 23.2. The van der Waals surface area contributed by atoms with E-state index >= 15 is 0 Å². The monoisotopic (exact) mass is 464 g/mol. The van der Waals surface area contributed by atoms with Crippen molar-refractivity contribution >= 4 is 39.2 Å². The number of rotatable bonds is 6. The number of carbonyl (C=O) groups excluding carboxylic acids is 2. The summed E-state index contributed by atoms with van der Waals surface area (Å²) in [7, 11) is -3.69. The van der Waals surface area contributed by atoms with E-state index in [4.69, 9.17) is 16.3 Å². The van der Waals surface area contributed by atoms with Crippen LogP contribution in [0.2, 0.25) is 5.02 Å². The average molecular weight is 465 g/mol. The molecule has 1 aliphatic heterocycles. The predicted octanol–water partition coefficient (Wildman–Crippen LogP) is 4.01. The van der Waals surface area contributed by atoms with Crippen LogP contribution in [0.25, 0.3) is 0 Å². The number of ether oxygens (including phenoxy) is 1. The zero-order chi connectivity index (χ0) is 22.4. The smallest absolute Gasteiger partial charge is 0.338 e. The molecule has 31 heavy (non-hydrogen) atoms. The van der Waals surface area contributed by atoms with Crippen LogP contribution in [0.15, 0.2) is 47.4 Å². The van der Waals surface area contributed by atoms with Crippen molar-refractivity contribution < 1.29 is 22.7 Å². The van der Waals surface area contributed by atoms with E-state index in [2.05, 4.69) is 5.32 Å². The van der Waals surface area contributed by atoms with E-state index in [1.54, 1.807) is 25.1 Å². The summed E-state index contributed by atoms with van der Waals surface area (Å²) in [4.78, 5) is 24.6. The fourth-order valence-corrected chi connectivity index (χ4v) is 5.17. The Morgan fingerprint density at radius 2 is 1.77 bits per heavy atom. The van der Waals surface area contributed by atoms with Gasteiger partial charge < -0.3 is 10.1 Å². The quantitative estimate of drug-likeness (QED) is 0.652. The normalized spacial score (nSPS) is 15.2. The van der Waals surface area contributed by atoms with Crippen LogP contribution in [0.3, 0.4) is 0 Å². The number of nitrogens with one attached hydrogen (secondary N) is 1. The van der Waals surface area contributed by atoms with E-state index in [0.717, 1.165) is 31.2 Å². The van der Waals surface area contributed by atoms with Gasteiger partial charge in [0.25, 0.3) is 5.91 Å². The fourth-order valence-electron chi connectivity index (χ4n) is 3.38. The summed E-state index contributed by atoms with van der Waals surface area (Å²) in [5, 5.41) is 3.20. The molecule has 166 valence electrons. The number of hydrogen-bond acceptors (Lipinski definition) is 5. The molecule has 0 unspecified atom stereocenters. The molecule has 0 bridgehead atoms. The molecule has 0 radical (unpaired) electrons. The minimum absolute atomic E-state index is 0.0464. The van der Waals surface area contributed by atoms with Crippen molar-refractivity contribution in [2.45, 2.75) is 37.5 Å². The molecule has 1 fully saturated rings. The SMILES string of the molecule is Cc1cc(Cl)ccc1NC(=O)COC(=O)c1cccc(S(=O)(=O)N2CCCCCC2)c1. The van der Waals surface area contributed by atoms with E-state index in [-0.39, 0.29) is 10.5 Å². The van der Waals surface area contributed by atoms with Gasteiger partial charge in [0.1, 0.15) is 0 Å². The summed E-state index contributed by atoms with van der Waals surface area (Å²) >= 11 is 5.90. The van der Waals surface area contributed by atoms with Crippen LogP contribution >= 0.6 is 11.6 Å². The van der Waals surface area contributed by atoms with E-state index in [1.165, 1.54) is 28.6 Å². The molecule has 2 aromatic carbocycles. The number of amides is 1. The third-order valence-electron chi connectivity index (χ3n) is 5.07. The van der Waals surface area contributed by atoms with Crippen LogP contribution in [0, 0.1) is 6.92 Å². The number of sulfonamides is 1. The summed E-state index contributed by atoms with van der Waals surface area (Å²) in [5.74, 6) is -1.27. The molecule has 1 heterocycles. The maximum absolute atomic E-state index is 12.9. The second-order valence-corrected chi connectivity index (χ2v) is 9.80. The second kappa shape index (κ2) is 10.3. The van der Waals surface area contributed by atoms with Crippen molar-refractivity contribution in [3.8, 4) is 0 Å². The third-order valence-corrected chi connectivity index (χ3v) is 7.20. The molecule has 0 aromatic heterocycles. The Morgan fingerprint density at radius 3 is 2.45 bits per heavy atom. The van der Waals surface area contributed by atoms with Crippen molar-refractivity contribution in [3.05, 3.63) is 58.6 Å². The molecule has 0 saturated carbocycles. The molecular formula is C22H25ClN2O5S. The molecule has 2 aromatic rings. The van der Waals surface area contributed by atoms with Gasteiger partial charge in [-0.2, -0.15) is 4.31 Å². The second-order valence-electron chi connectivity index (χ2n) is 7.43. The molecule has 1 aliphatic rings. The van der Waals surface area contributed by atoms with Crippen molar-refractivity contribution in [3.63, 3.8) is 0 Å². The van der Waals surface area contributed by atoms with Crippen LogP contribution < -0.4 is 5.32 Å². The molecular weight excluding hydrogens is 440 g/mol. The van der Waals surface area contributed by atoms with Gasteiger partial charge in [0.05, 0.1) is 10.5 Å². The lowest BCUT2D eigenvalue weighted by Crippen LogP contribution is -2.32. The molecule has 0 atom stereocenters. The summed E-state index contributed by atoms with van der Waals surface area (Å²) in [6, 6.07) is 10.7. The number of benzene rings is 2. The molecule has 1 saturated heterocycles. The van der Waals surface area contributed by atoms with Crippen molar-refractivity contribution in [2.75, 3.05) is 25.0 Å². The Labute approximate surface area is 187 Å². The lowest BCUT2D eigenvalue weighted by Gasteiger charge is -2.20. The number of nitrogens with zero attached hydrogens (tertiary/aromatic N) is 1. The van der Waals surface area contributed by atoms with Crippen LogP contribution in [-0.4, -0.2) is 44.3 Å². The van der Waals surface area contributed by atoms with Crippen LogP contribution in [-0.2, 0) is 19.6 Å². The third kappa shape index (κ3) is 6.06. The summed E-state index contributed by atoms with van der Waals surface area (Å²) in [6.07, 6.45) is 3.67. The average Bonchev–Trinajstić information content (AvgIpc) is 3.04. The maximum Gasteiger partial charge on any atom is 0.338 e. The Kier molecular flexibility index (Phi) is 7.69. The number of halogens is 1. The van der Waals surface area contributed by atoms with Gasteiger partial charge in [-0.15, -0.1) is 0 Å². The highest BCUT2D eigenvalue weighted by atomic mass is 35.5. The Morgan fingerprint density at radius 1 is 1.06 bits per heavy atom. The fraction of sp³-hybridized carbons (Fsp3) is 0.364. The van der Waals surface area contributed by atoms with E-state index in [1.807, 2.05) is 0 Å². The Balaban J connectivity index is 1.63. The number of carbonyl (C=O) groups is 2. The zero-order valence-electron chi connectivity index (χ0n) is 17.3. The Bertz CT molecular complexity index is 1060. The van der Waals surface area contributed by atoms with Crippen molar-refractivity contribution in [1.82, 2.24) is 4.31 Å². The molecule has 0 aliphatic carbocycles. The van der Waals surface area contributed by atoms with Crippen LogP contribution in [0.1, 0.15) is 41.6 Å². The van der Waals surface area contributed by atoms with E-state index in [0.29, 0.717) is 23.8 Å². The highest BCUT2D eigenvalue weighted by Crippen LogP contribution is 2.22. The topological polar surface area (TPSA) is 92.8 Å². The minimum Gasteiger partial charge on any atom is -0.452 e. The highest BCUT2D eigenvalue weighted by Gasteiger charge is 2.26. The largest absolute Gasteiger partial charge is 0.452 e. The van der Waals surface area contributed by atoms with Crippen molar-refractivity contribution in [1.29, 1.82) is 0 Å². The zero-order valence-corrected chi connectivity index (χ0v) is 18.8. The lowest BCUT2D eigenvalue weighted by molar-refractivity contribution is -0.119. The van der Waals surface area contributed by atoms with Gasteiger partial charge in [-0.3, -0.25) is 4.79 Å². The van der Waals surface area contributed by atoms with Crippen molar-refractivity contribution in [2.24, 2.45) is 0 Å². The van der Waals surface area contributed by atoms with Gasteiger partial charge in [0, 0.05) is 23.8 Å². The van der Waals surface area contributed by atoms with Gasteiger partial charge >= 0.3 is 5.97 Å². The van der Waals surface area contributed by atoms with Gasteiger partial charge in [-0.1, -0.05) is 30.5 Å². The van der Waals surface area contributed by atoms with Gasteiger partial charge in [0.15, 0.2) is 6.61 Å². The predicted molar refractivity (Wildman–Crippen MR) is 119 cm³/mol. The molecule has 0 spiro atoms. The van der Waals surface area contributed by atoms with Gasteiger partial charge in [-0.25, -0.2) is 13.2 Å². The first-order valence-corrected chi connectivity index (χ1v) is 11.9. The highest BCUT2D eigenvalue weighted by molar-refractivity contribution is 7.89. The maximum atomic E-state index is 12.9. The van der Waals surface area contributed by atoms with Crippen LogP contribution in [0.5, 0.6) is 0 Å². The van der Waals surface area contributed by atoms with Gasteiger partial charge in [0.2, 0.25) is 10.0 Å². The first-order chi connectivity index (χ1) is 14.8. The Hall–Kier alpha value is -2.42. The minimum atomic E-state index is -3.69. The summed E-state index contributed by atoms with van der Waals surface area (Å²) in [5.41, 5.74) is 1.42. The summed E-state index contributed by atoms with van der Waals surface area (Å²) < 4.78 is 32.4. The lowest BCUT2D eigenvalue weighted by atomic mass is 10.2. The molecule has 1 amide bonds. The summed E-state index contributed by atoms with van der Waals surface area (Å²) in [6.45, 7) is 2.25. The van der Waals surface area contributed by atoms with Crippen LogP contribution in [0.4, 0.5) is 5.69 Å². The standard InChI is InChI=1S/C22H25ClN2O5S/c1-16-13-18(23)9-10-20(16)24-21(26)15-30-22(27)17-7-6-8-19(14-17)31(28,29)25-11-4-2-3-5-12-25/h6-10,13-14H,2-5,11-12,15H2,1H3,(H,24,26). The number of esters is 1. The molecule has 7 nitrogen and oxygen atoms in total.